The first-order chi connectivity index (χ1) is 22.4. The number of carbonyl (C=O) groups excluding carboxylic acids is 3. The predicted octanol–water partition coefficient (Wildman–Crippen LogP) is 6.02. The summed E-state index contributed by atoms with van der Waals surface area (Å²) in [6.07, 6.45) is 4.25. The van der Waals surface area contributed by atoms with Gasteiger partial charge in [-0.25, -0.2) is 4.79 Å². The van der Waals surface area contributed by atoms with Crippen molar-refractivity contribution >= 4 is 25.3 Å². The molecule has 10 nitrogen and oxygen atoms in total. The lowest BCUT2D eigenvalue weighted by molar-refractivity contribution is -0.131. The summed E-state index contributed by atoms with van der Waals surface area (Å²) in [6.45, 7) is 7.58. The molecule has 0 bridgehead atoms. The highest BCUT2D eigenvalue weighted by Crippen LogP contribution is 2.51. The number of aliphatic hydroxyl groups excluding tert-OH is 1. The molecule has 1 saturated carbocycles. The van der Waals surface area contributed by atoms with Crippen molar-refractivity contribution < 1.29 is 33.3 Å². The number of ether oxygens (including phenoxy) is 1. The predicted molar refractivity (Wildman–Crippen MR) is 184 cm³/mol. The van der Waals surface area contributed by atoms with Crippen molar-refractivity contribution in [2.75, 3.05) is 18.9 Å². The highest BCUT2D eigenvalue weighted by Gasteiger charge is 2.33. The van der Waals surface area contributed by atoms with Crippen LogP contribution >= 0.6 is 7.37 Å². The quantitative estimate of drug-likeness (QED) is 0.142. The van der Waals surface area contributed by atoms with Crippen molar-refractivity contribution in [1.82, 2.24) is 16.0 Å². The summed E-state index contributed by atoms with van der Waals surface area (Å²) in [7, 11) is -3.22. The summed E-state index contributed by atoms with van der Waals surface area (Å²) in [6, 6.07) is 16.9. The zero-order chi connectivity index (χ0) is 34.2. The maximum absolute atomic E-state index is 14.1. The van der Waals surface area contributed by atoms with E-state index in [4.69, 9.17) is 9.26 Å². The third kappa shape index (κ3) is 14.2. The van der Waals surface area contributed by atoms with Gasteiger partial charge in [-0.15, -0.1) is 0 Å². The van der Waals surface area contributed by atoms with Crippen LogP contribution in [0, 0.1) is 17.8 Å². The molecule has 1 aliphatic rings. The van der Waals surface area contributed by atoms with Gasteiger partial charge in [0.2, 0.25) is 19.2 Å². The second-order valence-electron chi connectivity index (χ2n) is 13.5. The van der Waals surface area contributed by atoms with E-state index in [1.807, 2.05) is 74.5 Å². The van der Waals surface area contributed by atoms with E-state index in [2.05, 4.69) is 16.0 Å². The standard InChI is InChI=1S/C36H54N3O7P/c1-26(2)20-32(38-35(42)33(27(3)4)39-36(43)45-22-28-14-8-5-9-15-28)34(41)37-21-31(40)25-47(44,24-30-18-12-7-13-19-30)46-23-29-16-10-6-11-17-29/h5-6,8-11,14-17,26-27,30-33,40H,7,12-13,18-25H2,1-4H3,(H,37,41)(H,38,42)(H,39,43)/t31-,32+,33+,47?/m1/s1. The van der Waals surface area contributed by atoms with Crippen LogP contribution in [0.3, 0.4) is 0 Å². The lowest BCUT2D eigenvalue weighted by atomic mass is 9.91. The minimum atomic E-state index is -3.22. The largest absolute Gasteiger partial charge is 0.445 e. The van der Waals surface area contributed by atoms with Crippen LogP contribution in [0.1, 0.15) is 77.3 Å². The lowest BCUT2D eigenvalue weighted by Crippen LogP contribution is -2.56. The molecule has 4 atom stereocenters. The van der Waals surface area contributed by atoms with Crippen molar-refractivity contribution in [3.8, 4) is 0 Å². The molecule has 2 aromatic carbocycles. The van der Waals surface area contributed by atoms with E-state index < -0.39 is 43.5 Å². The Hall–Kier alpha value is -3.20. The molecule has 0 radical (unpaired) electrons. The number of alkyl carbamates (subject to hydrolysis) is 1. The molecule has 0 aromatic heterocycles. The van der Waals surface area contributed by atoms with Crippen LogP contribution in [0.4, 0.5) is 4.79 Å². The average molecular weight is 672 g/mol. The van der Waals surface area contributed by atoms with E-state index in [0.717, 1.165) is 36.8 Å². The molecule has 0 heterocycles. The molecule has 0 saturated heterocycles. The number of rotatable bonds is 18. The van der Waals surface area contributed by atoms with Crippen molar-refractivity contribution in [3.63, 3.8) is 0 Å². The summed E-state index contributed by atoms with van der Waals surface area (Å²) in [5, 5.41) is 19.1. The maximum atomic E-state index is 14.1. The van der Waals surface area contributed by atoms with Gasteiger partial charge < -0.3 is 30.3 Å². The maximum Gasteiger partial charge on any atom is 0.408 e. The second-order valence-corrected chi connectivity index (χ2v) is 16.1. The summed E-state index contributed by atoms with van der Waals surface area (Å²) in [5.41, 5.74) is 1.72. The van der Waals surface area contributed by atoms with E-state index >= 15 is 0 Å². The van der Waals surface area contributed by atoms with Gasteiger partial charge in [0, 0.05) is 12.7 Å². The molecule has 1 unspecified atom stereocenters. The topological polar surface area (TPSA) is 143 Å². The van der Waals surface area contributed by atoms with Crippen LogP contribution in [0.15, 0.2) is 60.7 Å². The highest BCUT2D eigenvalue weighted by atomic mass is 31.2. The zero-order valence-electron chi connectivity index (χ0n) is 28.4. The molecular weight excluding hydrogens is 617 g/mol. The Bertz CT molecular complexity index is 1290. The molecule has 1 aliphatic carbocycles. The first-order valence-corrected chi connectivity index (χ1v) is 18.9. The number of amides is 3. The third-order valence-corrected chi connectivity index (χ3v) is 11.0. The van der Waals surface area contributed by atoms with Crippen LogP contribution in [0.2, 0.25) is 0 Å². The number of aliphatic hydroxyl groups is 1. The molecule has 47 heavy (non-hydrogen) atoms. The van der Waals surface area contributed by atoms with Gasteiger partial charge in [0.15, 0.2) is 0 Å². The third-order valence-electron chi connectivity index (χ3n) is 8.35. The van der Waals surface area contributed by atoms with E-state index in [-0.39, 0.29) is 43.7 Å². The Morgan fingerprint density at radius 1 is 0.851 bits per heavy atom. The highest BCUT2D eigenvalue weighted by molar-refractivity contribution is 7.59. The summed E-state index contributed by atoms with van der Waals surface area (Å²) in [4.78, 5) is 39.2. The second kappa shape index (κ2) is 19.6. The fraction of sp³-hybridized carbons (Fsp3) is 0.583. The van der Waals surface area contributed by atoms with Crippen molar-refractivity contribution in [1.29, 1.82) is 0 Å². The molecule has 4 N–H and O–H groups in total. The average Bonchev–Trinajstić information content (AvgIpc) is 3.05. The number of benzene rings is 2. The molecule has 260 valence electrons. The molecule has 2 aromatic rings. The van der Waals surface area contributed by atoms with Gasteiger partial charge in [-0.1, -0.05) is 108 Å². The molecule has 3 rings (SSSR count). The Kier molecular flexibility index (Phi) is 15.9. The van der Waals surface area contributed by atoms with Gasteiger partial charge in [0.1, 0.15) is 18.7 Å². The Balaban J connectivity index is 1.58. The first kappa shape index (κ1) is 38.2. The number of nitrogens with one attached hydrogen (secondary N) is 3. The number of hydrogen-bond acceptors (Lipinski definition) is 7. The summed E-state index contributed by atoms with van der Waals surface area (Å²) >= 11 is 0. The zero-order valence-corrected chi connectivity index (χ0v) is 29.3. The Morgan fingerprint density at radius 2 is 1.45 bits per heavy atom. The summed E-state index contributed by atoms with van der Waals surface area (Å²) in [5.74, 6) is -0.898. The van der Waals surface area contributed by atoms with Crippen LogP contribution in [0.5, 0.6) is 0 Å². The van der Waals surface area contributed by atoms with Crippen molar-refractivity contribution in [2.45, 2.75) is 97.6 Å². The van der Waals surface area contributed by atoms with E-state index in [1.165, 1.54) is 6.42 Å². The van der Waals surface area contributed by atoms with Gasteiger partial charge in [0.25, 0.3) is 0 Å². The van der Waals surface area contributed by atoms with E-state index in [0.29, 0.717) is 12.6 Å². The van der Waals surface area contributed by atoms with Crippen LogP contribution in [-0.2, 0) is 36.6 Å². The molecule has 0 aliphatic heterocycles. The van der Waals surface area contributed by atoms with Gasteiger partial charge in [-0.3, -0.25) is 14.2 Å². The minimum absolute atomic E-state index is 0.0602. The van der Waals surface area contributed by atoms with E-state index in [1.54, 1.807) is 13.8 Å². The Morgan fingerprint density at radius 3 is 2.02 bits per heavy atom. The van der Waals surface area contributed by atoms with Crippen LogP contribution in [0.25, 0.3) is 0 Å². The number of carbonyl (C=O) groups is 3. The molecular formula is C36H54N3O7P. The van der Waals surface area contributed by atoms with Gasteiger partial charge in [-0.2, -0.15) is 0 Å². The lowest BCUT2D eigenvalue weighted by Gasteiger charge is -2.29. The van der Waals surface area contributed by atoms with E-state index in [9.17, 15) is 24.1 Å². The van der Waals surface area contributed by atoms with Gasteiger partial charge in [-0.05, 0) is 48.1 Å². The normalized spacial score (nSPS) is 16.9. The molecule has 3 amide bonds. The van der Waals surface area contributed by atoms with Crippen molar-refractivity contribution in [3.05, 3.63) is 71.8 Å². The first-order valence-electron chi connectivity index (χ1n) is 16.9. The monoisotopic (exact) mass is 671 g/mol. The smallest absolute Gasteiger partial charge is 0.408 e. The van der Waals surface area contributed by atoms with Crippen LogP contribution in [-0.4, -0.2) is 60.1 Å². The fourth-order valence-electron chi connectivity index (χ4n) is 5.83. The molecule has 0 spiro atoms. The Labute approximate surface area is 280 Å². The van der Waals surface area contributed by atoms with Gasteiger partial charge >= 0.3 is 6.09 Å². The van der Waals surface area contributed by atoms with Crippen molar-refractivity contribution in [2.24, 2.45) is 17.8 Å². The molecule has 11 heteroatoms. The minimum Gasteiger partial charge on any atom is -0.445 e. The van der Waals surface area contributed by atoms with Gasteiger partial charge in [0.05, 0.1) is 18.9 Å². The fourth-order valence-corrected chi connectivity index (χ4v) is 8.50. The summed E-state index contributed by atoms with van der Waals surface area (Å²) < 4.78 is 25.4. The van der Waals surface area contributed by atoms with Crippen LogP contribution < -0.4 is 16.0 Å². The number of hydrogen-bond donors (Lipinski definition) is 4. The SMILES string of the molecule is CC(C)C[C@H](NC(=O)[C@@H](NC(=O)OCc1ccccc1)C(C)C)C(=O)NC[C@@H](O)CP(=O)(CC1CCCCC1)OCc1ccccc1. The molecule has 1 fully saturated rings.